The van der Waals surface area contributed by atoms with Gasteiger partial charge in [-0.05, 0) is 54.4 Å². The second kappa shape index (κ2) is 12.1. The highest BCUT2D eigenvalue weighted by atomic mass is 35.5. The zero-order chi connectivity index (χ0) is 26.6. The molecular formula is C25H17Cl4N5O2S2. The largest absolute Gasteiger partial charge is 0.461 e. The molecule has 194 valence electrons. The Hall–Kier alpha value is -2.53. The number of nitrogens with zero attached hydrogens (tertiary/aromatic N) is 4. The fourth-order valence-corrected chi connectivity index (χ4v) is 6.15. The number of amides is 1. The average Bonchev–Trinajstić information content (AvgIpc) is 3.66. The van der Waals surface area contributed by atoms with Crippen LogP contribution in [0, 0.1) is 0 Å². The maximum absolute atomic E-state index is 12.6. The number of carbonyl (C=O) groups excluding carboxylic acids is 1. The molecule has 0 atom stereocenters. The minimum atomic E-state index is -0.253. The number of thiazole rings is 1. The number of nitrogens with one attached hydrogen (secondary N) is 1. The molecule has 5 rings (SSSR count). The number of hydrogen-bond donors (Lipinski definition) is 1. The van der Waals surface area contributed by atoms with Gasteiger partial charge in [0.05, 0.1) is 22.7 Å². The quantitative estimate of drug-likeness (QED) is 0.168. The van der Waals surface area contributed by atoms with Crippen molar-refractivity contribution in [1.82, 2.24) is 25.1 Å². The lowest BCUT2D eigenvalue weighted by Crippen LogP contribution is -2.26. The standard InChI is InChI=1S/C25H17Cl4N5O2S2/c26-15-4-3-14(18(29)10-15)7-8-30-24(35)19-12-37-22(31-19)13-38-25-33-32-23(21-2-1-9-36-21)34(25)20-11-16(27)5-6-17(20)28/h1-6,9-12H,7-8,13H2,(H,30,35). The molecule has 0 fully saturated rings. The maximum atomic E-state index is 12.6. The predicted molar refractivity (Wildman–Crippen MR) is 153 cm³/mol. The Morgan fingerprint density at radius 3 is 2.63 bits per heavy atom. The predicted octanol–water partition coefficient (Wildman–Crippen LogP) is 7.86. The molecule has 0 spiro atoms. The molecule has 0 radical (unpaired) electrons. The van der Waals surface area contributed by atoms with Crippen molar-refractivity contribution in [3.63, 3.8) is 0 Å². The van der Waals surface area contributed by atoms with Crippen molar-refractivity contribution in [2.24, 2.45) is 0 Å². The van der Waals surface area contributed by atoms with E-state index in [9.17, 15) is 4.79 Å². The van der Waals surface area contributed by atoms with Crippen molar-refractivity contribution in [1.29, 1.82) is 0 Å². The van der Waals surface area contributed by atoms with Gasteiger partial charge in [0.2, 0.25) is 5.82 Å². The molecule has 1 N–H and O–H groups in total. The van der Waals surface area contributed by atoms with E-state index in [0.717, 1.165) is 10.6 Å². The number of aromatic nitrogens is 4. The van der Waals surface area contributed by atoms with E-state index in [-0.39, 0.29) is 5.91 Å². The van der Waals surface area contributed by atoms with Crippen LogP contribution in [0.1, 0.15) is 21.1 Å². The zero-order valence-corrected chi connectivity index (χ0v) is 24.0. The lowest BCUT2D eigenvalue weighted by Gasteiger charge is -2.11. The van der Waals surface area contributed by atoms with Crippen LogP contribution in [0.2, 0.25) is 20.1 Å². The van der Waals surface area contributed by atoms with E-state index in [1.54, 1.807) is 58.7 Å². The number of furan rings is 1. The Labute approximate surface area is 246 Å². The fraction of sp³-hybridized carbons (Fsp3) is 0.120. The summed E-state index contributed by atoms with van der Waals surface area (Å²) in [6, 6.07) is 14.0. The van der Waals surface area contributed by atoms with Crippen molar-refractivity contribution in [3.05, 3.63) is 96.5 Å². The van der Waals surface area contributed by atoms with Crippen LogP contribution in [-0.4, -0.2) is 32.2 Å². The molecule has 7 nitrogen and oxygen atoms in total. The molecule has 0 saturated carbocycles. The highest BCUT2D eigenvalue weighted by molar-refractivity contribution is 7.98. The van der Waals surface area contributed by atoms with E-state index in [0.29, 0.717) is 66.9 Å². The zero-order valence-electron chi connectivity index (χ0n) is 19.3. The van der Waals surface area contributed by atoms with Crippen molar-refractivity contribution in [3.8, 4) is 17.3 Å². The van der Waals surface area contributed by atoms with Gasteiger partial charge in [-0.1, -0.05) is 64.2 Å². The summed E-state index contributed by atoms with van der Waals surface area (Å²) in [5, 5.41) is 16.8. The van der Waals surface area contributed by atoms with E-state index in [2.05, 4.69) is 20.5 Å². The first-order valence-corrected chi connectivity index (χ1v) is 14.5. The SMILES string of the molecule is O=C(NCCc1ccc(Cl)cc1Cl)c1csc(CSc2nnc(-c3ccco3)n2-c2cc(Cl)ccc2Cl)n1. The smallest absolute Gasteiger partial charge is 0.270 e. The highest BCUT2D eigenvalue weighted by Gasteiger charge is 2.21. The molecule has 0 unspecified atom stereocenters. The van der Waals surface area contributed by atoms with E-state index < -0.39 is 0 Å². The second-order valence-electron chi connectivity index (χ2n) is 7.87. The number of rotatable bonds is 9. The molecule has 0 bridgehead atoms. The lowest BCUT2D eigenvalue weighted by molar-refractivity contribution is 0.0949. The van der Waals surface area contributed by atoms with E-state index >= 15 is 0 Å². The van der Waals surface area contributed by atoms with Gasteiger partial charge >= 0.3 is 0 Å². The molecule has 0 aliphatic carbocycles. The Kier molecular flexibility index (Phi) is 8.62. The Bertz CT molecular complexity index is 1590. The topological polar surface area (TPSA) is 85.8 Å². The van der Waals surface area contributed by atoms with Crippen LogP contribution in [0.15, 0.2) is 69.7 Å². The molecule has 38 heavy (non-hydrogen) atoms. The molecule has 13 heteroatoms. The molecule has 0 aliphatic rings. The van der Waals surface area contributed by atoms with Gasteiger partial charge in [-0.25, -0.2) is 4.98 Å². The second-order valence-corrected chi connectivity index (χ2v) is 11.4. The van der Waals surface area contributed by atoms with Gasteiger partial charge in [0.1, 0.15) is 10.7 Å². The number of benzene rings is 2. The van der Waals surface area contributed by atoms with Crippen molar-refractivity contribution >= 4 is 75.4 Å². The normalized spacial score (nSPS) is 11.2. The average molecular weight is 625 g/mol. The fourth-order valence-electron chi connectivity index (χ4n) is 3.54. The first-order chi connectivity index (χ1) is 18.4. The van der Waals surface area contributed by atoms with Crippen LogP contribution in [0.4, 0.5) is 0 Å². The van der Waals surface area contributed by atoms with Crippen molar-refractivity contribution in [2.45, 2.75) is 17.3 Å². The van der Waals surface area contributed by atoms with Crippen LogP contribution in [-0.2, 0) is 12.2 Å². The molecule has 3 heterocycles. The Morgan fingerprint density at radius 1 is 1.03 bits per heavy atom. The van der Waals surface area contributed by atoms with Gasteiger partial charge in [-0.3, -0.25) is 9.36 Å². The summed E-state index contributed by atoms with van der Waals surface area (Å²) < 4.78 is 7.35. The Balaban J connectivity index is 1.27. The van der Waals surface area contributed by atoms with E-state index in [1.165, 1.54) is 23.1 Å². The Morgan fingerprint density at radius 2 is 1.84 bits per heavy atom. The van der Waals surface area contributed by atoms with Gasteiger partial charge in [0, 0.05) is 27.0 Å². The molecule has 2 aromatic carbocycles. The van der Waals surface area contributed by atoms with Crippen molar-refractivity contribution < 1.29 is 9.21 Å². The first-order valence-electron chi connectivity index (χ1n) is 11.1. The third-order valence-corrected chi connectivity index (χ3v) is 8.44. The third kappa shape index (κ3) is 6.20. The number of hydrogen-bond acceptors (Lipinski definition) is 7. The number of carbonyl (C=O) groups is 1. The van der Waals surface area contributed by atoms with Gasteiger partial charge in [-0.2, -0.15) is 0 Å². The summed E-state index contributed by atoms with van der Waals surface area (Å²) in [6.45, 7) is 0.418. The summed E-state index contributed by atoms with van der Waals surface area (Å²) >= 11 is 27.7. The summed E-state index contributed by atoms with van der Waals surface area (Å²) in [6.07, 6.45) is 2.14. The third-order valence-electron chi connectivity index (χ3n) is 5.33. The molecule has 1 amide bonds. The van der Waals surface area contributed by atoms with Crippen LogP contribution in [0.3, 0.4) is 0 Å². The number of thioether (sulfide) groups is 1. The summed E-state index contributed by atoms with van der Waals surface area (Å²) in [4.78, 5) is 17.1. The minimum absolute atomic E-state index is 0.253. The van der Waals surface area contributed by atoms with Crippen LogP contribution in [0.5, 0.6) is 0 Å². The van der Waals surface area contributed by atoms with Gasteiger partial charge in [0.15, 0.2) is 10.9 Å². The van der Waals surface area contributed by atoms with E-state index in [1.807, 2.05) is 6.07 Å². The maximum Gasteiger partial charge on any atom is 0.270 e. The molecular weight excluding hydrogens is 608 g/mol. The van der Waals surface area contributed by atoms with Crippen LogP contribution < -0.4 is 5.32 Å². The number of halogens is 4. The van der Waals surface area contributed by atoms with Gasteiger partial charge < -0.3 is 9.73 Å². The van der Waals surface area contributed by atoms with Crippen LogP contribution in [0.25, 0.3) is 17.3 Å². The molecule has 5 aromatic rings. The van der Waals surface area contributed by atoms with Gasteiger partial charge in [-0.15, -0.1) is 21.5 Å². The van der Waals surface area contributed by atoms with Crippen LogP contribution >= 0.6 is 69.5 Å². The minimum Gasteiger partial charge on any atom is -0.461 e. The first kappa shape index (κ1) is 27.1. The monoisotopic (exact) mass is 623 g/mol. The van der Waals surface area contributed by atoms with Crippen molar-refractivity contribution in [2.75, 3.05) is 6.54 Å². The summed E-state index contributed by atoms with van der Waals surface area (Å²) in [5.41, 5.74) is 1.88. The molecule has 3 aromatic heterocycles. The lowest BCUT2D eigenvalue weighted by atomic mass is 10.1. The molecule has 0 aliphatic heterocycles. The van der Waals surface area contributed by atoms with Gasteiger partial charge in [0.25, 0.3) is 5.91 Å². The summed E-state index contributed by atoms with van der Waals surface area (Å²) in [7, 11) is 0. The van der Waals surface area contributed by atoms with E-state index in [4.69, 9.17) is 50.8 Å². The summed E-state index contributed by atoms with van der Waals surface area (Å²) in [5.74, 6) is 1.24. The highest BCUT2D eigenvalue weighted by Crippen LogP contribution is 2.34. The molecule has 0 saturated heterocycles.